The summed E-state index contributed by atoms with van der Waals surface area (Å²) >= 11 is 0. The number of carbonyl (C=O) groups excluding carboxylic acids is 2. The highest BCUT2D eigenvalue weighted by Crippen LogP contribution is 2.26. The number of rotatable bonds is 4. The van der Waals surface area contributed by atoms with Crippen LogP contribution in [-0.2, 0) is 20.9 Å². The summed E-state index contributed by atoms with van der Waals surface area (Å²) in [4.78, 5) is 25.4. The zero-order valence-corrected chi connectivity index (χ0v) is 11.3. The van der Waals surface area contributed by atoms with E-state index in [-0.39, 0.29) is 23.7 Å². The second-order valence-electron chi connectivity index (χ2n) is 5.00. The zero-order valence-electron chi connectivity index (χ0n) is 11.3. The Morgan fingerprint density at radius 1 is 1.32 bits per heavy atom. The molecule has 1 heterocycles. The number of nitrogens with zero attached hydrogens (tertiary/aromatic N) is 1. The van der Waals surface area contributed by atoms with Crippen LogP contribution in [0.5, 0.6) is 0 Å². The Morgan fingerprint density at radius 2 is 2.00 bits per heavy atom. The third-order valence-electron chi connectivity index (χ3n) is 3.68. The molecule has 0 unspecified atom stereocenters. The van der Waals surface area contributed by atoms with Crippen molar-refractivity contribution in [3.05, 3.63) is 35.9 Å². The average molecular weight is 261 g/mol. The van der Waals surface area contributed by atoms with E-state index in [9.17, 15) is 9.59 Å². The van der Waals surface area contributed by atoms with E-state index in [1.54, 1.807) is 6.92 Å². The number of ether oxygens (including phenoxy) is 1. The maximum atomic E-state index is 11.8. The molecule has 102 valence electrons. The Balaban J connectivity index is 2.11. The average Bonchev–Trinajstić information content (AvgIpc) is 2.83. The SMILES string of the molecule is COC(=O)[C@H]1C[C@H](C(C)=O)CN1Cc1ccccc1. The van der Waals surface area contributed by atoms with Crippen LogP contribution in [0.2, 0.25) is 0 Å². The molecule has 1 fully saturated rings. The molecule has 1 aliphatic rings. The van der Waals surface area contributed by atoms with Gasteiger partial charge in [0.2, 0.25) is 0 Å². The molecule has 0 aliphatic carbocycles. The lowest BCUT2D eigenvalue weighted by Crippen LogP contribution is -2.36. The number of carbonyl (C=O) groups is 2. The minimum absolute atomic E-state index is 0.0622. The standard InChI is InChI=1S/C15H19NO3/c1-11(17)13-8-14(15(18)19-2)16(10-13)9-12-6-4-3-5-7-12/h3-7,13-14H,8-10H2,1-2H3/t13-,14+/m0/s1. The Kier molecular flexibility index (Phi) is 4.32. The Hall–Kier alpha value is -1.68. The van der Waals surface area contributed by atoms with Crippen molar-refractivity contribution in [2.45, 2.75) is 25.9 Å². The number of Topliss-reactive ketones (excluding diaryl/α,β-unsaturated/α-hetero) is 1. The monoisotopic (exact) mass is 261 g/mol. The van der Waals surface area contributed by atoms with E-state index in [0.717, 1.165) is 5.56 Å². The molecule has 2 atom stereocenters. The number of hydrogen-bond acceptors (Lipinski definition) is 4. The summed E-state index contributed by atoms with van der Waals surface area (Å²) in [5.74, 6) is -0.169. The van der Waals surface area contributed by atoms with Crippen LogP contribution in [0.25, 0.3) is 0 Å². The molecule has 0 bridgehead atoms. The summed E-state index contributed by atoms with van der Waals surface area (Å²) < 4.78 is 4.84. The molecule has 0 spiro atoms. The van der Waals surface area contributed by atoms with Gasteiger partial charge in [-0.2, -0.15) is 0 Å². The van der Waals surface area contributed by atoms with Crippen LogP contribution in [0.1, 0.15) is 18.9 Å². The Morgan fingerprint density at radius 3 is 2.58 bits per heavy atom. The topological polar surface area (TPSA) is 46.6 Å². The molecule has 1 aromatic rings. The molecule has 0 aromatic heterocycles. The van der Waals surface area contributed by atoms with Crippen molar-refractivity contribution in [2.24, 2.45) is 5.92 Å². The van der Waals surface area contributed by atoms with Gasteiger partial charge in [0.05, 0.1) is 7.11 Å². The Labute approximate surface area is 113 Å². The van der Waals surface area contributed by atoms with Gasteiger partial charge in [-0.1, -0.05) is 30.3 Å². The lowest BCUT2D eigenvalue weighted by Gasteiger charge is -2.22. The van der Waals surface area contributed by atoms with E-state index in [2.05, 4.69) is 0 Å². The lowest BCUT2D eigenvalue weighted by atomic mass is 10.0. The molecule has 4 heteroatoms. The molecule has 2 rings (SSSR count). The molecule has 1 aliphatic heterocycles. The minimum atomic E-state index is -0.306. The van der Waals surface area contributed by atoms with Crippen molar-refractivity contribution in [1.82, 2.24) is 4.90 Å². The van der Waals surface area contributed by atoms with E-state index in [4.69, 9.17) is 4.74 Å². The molecule has 4 nitrogen and oxygen atoms in total. The third-order valence-corrected chi connectivity index (χ3v) is 3.68. The van der Waals surface area contributed by atoms with Crippen molar-refractivity contribution < 1.29 is 14.3 Å². The summed E-state index contributed by atoms with van der Waals surface area (Å²) in [6, 6.07) is 9.65. The predicted molar refractivity (Wildman–Crippen MR) is 71.4 cm³/mol. The third kappa shape index (κ3) is 3.20. The molecule has 1 aromatic carbocycles. The van der Waals surface area contributed by atoms with Gasteiger partial charge in [-0.3, -0.25) is 14.5 Å². The van der Waals surface area contributed by atoms with Gasteiger partial charge in [-0.05, 0) is 18.9 Å². The maximum Gasteiger partial charge on any atom is 0.323 e. The van der Waals surface area contributed by atoms with Crippen molar-refractivity contribution in [2.75, 3.05) is 13.7 Å². The fourth-order valence-corrected chi connectivity index (χ4v) is 2.57. The summed E-state index contributed by atoms with van der Waals surface area (Å²) in [6.45, 7) is 2.89. The number of likely N-dealkylation sites (tertiary alicyclic amines) is 1. The normalized spacial score (nSPS) is 23.3. The van der Waals surface area contributed by atoms with Crippen LogP contribution in [0, 0.1) is 5.92 Å². The quantitative estimate of drug-likeness (QED) is 0.773. The number of hydrogen-bond donors (Lipinski definition) is 0. The van der Waals surface area contributed by atoms with Crippen molar-refractivity contribution in [3.63, 3.8) is 0 Å². The van der Waals surface area contributed by atoms with Gasteiger partial charge in [0.15, 0.2) is 0 Å². The summed E-state index contributed by atoms with van der Waals surface area (Å²) in [6.07, 6.45) is 0.564. The van der Waals surface area contributed by atoms with Crippen LogP contribution in [0.3, 0.4) is 0 Å². The zero-order chi connectivity index (χ0) is 13.8. The molecule has 0 radical (unpaired) electrons. The molecule has 0 amide bonds. The first kappa shape index (κ1) is 13.7. The van der Waals surface area contributed by atoms with Crippen molar-refractivity contribution in [1.29, 1.82) is 0 Å². The highest BCUT2D eigenvalue weighted by atomic mass is 16.5. The first-order valence-electron chi connectivity index (χ1n) is 6.48. The number of methoxy groups -OCH3 is 1. The highest BCUT2D eigenvalue weighted by Gasteiger charge is 2.39. The fraction of sp³-hybridized carbons (Fsp3) is 0.467. The van der Waals surface area contributed by atoms with Gasteiger partial charge in [0, 0.05) is 19.0 Å². The highest BCUT2D eigenvalue weighted by molar-refractivity contribution is 5.82. The van der Waals surface area contributed by atoms with Gasteiger partial charge in [-0.25, -0.2) is 0 Å². The summed E-state index contributed by atoms with van der Waals surface area (Å²) in [5.41, 5.74) is 1.14. The molecular formula is C15H19NO3. The van der Waals surface area contributed by atoms with E-state index < -0.39 is 0 Å². The van der Waals surface area contributed by atoms with Crippen LogP contribution < -0.4 is 0 Å². The minimum Gasteiger partial charge on any atom is -0.468 e. The lowest BCUT2D eigenvalue weighted by molar-refractivity contribution is -0.146. The summed E-state index contributed by atoms with van der Waals surface area (Å²) in [5, 5.41) is 0. The van der Waals surface area contributed by atoms with Gasteiger partial charge in [0.25, 0.3) is 0 Å². The van der Waals surface area contributed by atoms with Crippen molar-refractivity contribution >= 4 is 11.8 Å². The maximum absolute atomic E-state index is 11.8. The first-order valence-corrected chi connectivity index (χ1v) is 6.48. The van der Waals surface area contributed by atoms with Gasteiger partial charge < -0.3 is 4.74 Å². The van der Waals surface area contributed by atoms with Crippen LogP contribution >= 0.6 is 0 Å². The van der Waals surface area contributed by atoms with E-state index in [1.807, 2.05) is 35.2 Å². The van der Waals surface area contributed by atoms with Crippen LogP contribution in [0.4, 0.5) is 0 Å². The largest absolute Gasteiger partial charge is 0.468 e. The van der Waals surface area contributed by atoms with E-state index in [1.165, 1.54) is 7.11 Å². The molecule has 0 N–H and O–H groups in total. The van der Waals surface area contributed by atoms with Crippen LogP contribution in [-0.4, -0.2) is 36.3 Å². The van der Waals surface area contributed by atoms with Gasteiger partial charge in [0.1, 0.15) is 11.8 Å². The van der Waals surface area contributed by atoms with E-state index >= 15 is 0 Å². The van der Waals surface area contributed by atoms with Gasteiger partial charge >= 0.3 is 5.97 Å². The molecular weight excluding hydrogens is 242 g/mol. The second-order valence-corrected chi connectivity index (χ2v) is 5.00. The first-order chi connectivity index (χ1) is 9.11. The predicted octanol–water partition coefficient (Wildman–Crippen LogP) is 1.64. The van der Waals surface area contributed by atoms with Crippen LogP contribution in [0.15, 0.2) is 30.3 Å². The smallest absolute Gasteiger partial charge is 0.323 e. The Bertz CT molecular complexity index is 458. The fourth-order valence-electron chi connectivity index (χ4n) is 2.57. The van der Waals surface area contributed by atoms with Crippen molar-refractivity contribution in [3.8, 4) is 0 Å². The second kappa shape index (κ2) is 5.97. The number of esters is 1. The molecule has 0 saturated carbocycles. The number of benzene rings is 1. The summed E-state index contributed by atoms with van der Waals surface area (Å²) in [7, 11) is 1.39. The van der Waals surface area contributed by atoms with E-state index in [0.29, 0.717) is 19.5 Å². The number of ketones is 1. The molecule has 1 saturated heterocycles. The van der Waals surface area contributed by atoms with Gasteiger partial charge in [-0.15, -0.1) is 0 Å². The molecule has 19 heavy (non-hydrogen) atoms.